The molecule has 4 saturated carbocycles. The summed E-state index contributed by atoms with van der Waals surface area (Å²) in [7, 11) is 0. The maximum atomic E-state index is 13.6. The lowest BCUT2D eigenvalue weighted by Crippen LogP contribution is -2.59. The number of aromatic nitrogens is 4. The van der Waals surface area contributed by atoms with Crippen LogP contribution >= 0.6 is 11.3 Å². The number of carbonyl (C=O) groups is 2. The highest BCUT2D eigenvalue weighted by molar-refractivity contribution is 7.22. The average molecular weight is 703 g/mol. The molecule has 262 valence electrons. The van der Waals surface area contributed by atoms with Crippen LogP contribution in [0.3, 0.4) is 0 Å². The number of nitrogens with zero attached hydrogens (tertiary/aromatic N) is 5. The third-order valence-electron chi connectivity index (χ3n) is 11.8. The van der Waals surface area contributed by atoms with Crippen LogP contribution in [0.15, 0.2) is 67.0 Å². The van der Waals surface area contributed by atoms with Crippen LogP contribution in [-0.4, -0.2) is 43.5 Å². The van der Waals surface area contributed by atoms with Crippen molar-refractivity contribution in [3.63, 3.8) is 0 Å². The molecular weight excluding hydrogens is 661 g/mol. The Bertz CT molecular complexity index is 2140. The SMILES string of the molecule is CC12CC3(C)CC(C)(C1)CC(Cn1cc(-c4ccc(N5CCc6cccc(C(=O)Nc7nc8ccccc8s7)c6C5)nc4OC(=O)O)cn1)(C2)C3. The standard InChI is InChI=1S/C40H42N6O4S/c1-37-18-38(2)20-39(3,19-37)23-40(21-37,22-38)24-46-16-26(15-41-46)27-11-12-32(43-34(27)50-36(48)49)45-14-13-25-7-6-8-28(29(25)17-45)33(47)44-35-42-30-9-4-5-10-31(30)51-35/h4-12,15-16H,13-14,17-24H2,1-3H3,(H,48,49)(H,42,44,47). The Balaban J connectivity index is 0.965. The molecule has 10 rings (SSSR count). The summed E-state index contributed by atoms with van der Waals surface area (Å²) in [6.07, 6.45) is 10.7. The van der Waals surface area contributed by atoms with Crippen LogP contribution < -0.4 is 15.0 Å². The predicted molar refractivity (Wildman–Crippen MR) is 197 cm³/mol. The van der Waals surface area contributed by atoms with E-state index in [9.17, 15) is 14.7 Å². The third-order valence-corrected chi connectivity index (χ3v) is 12.7. The summed E-state index contributed by atoms with van der Waals surface area (Å²) >= 11 is 1.44. The van der Waals surface area contributed by atoms with Gasteiger partial charge in [-0.15, -0.1) is 0 Å². The van der Waals surface area contributed by atoms with Crippen molar-refractivity contribution in [1.29, 1.82) is 0 Å². The monoisotopic (exact) mass is 702 g/mol. The van der Waals surface area contributed by atoms with Crippen molar-refractivity contribution in [2.75, 3.05) is 16.8 Å². The van der Waals surface area contributed by atoms with Crippen molar-refractivity contribution in [2.45, 2.75) is 78.8 Å². The second kappa shape index (κ2) is 11.4. The molecule has 0 unspecified atom stereocenters. The Kier molecular flexibility index (Phi) is 7.17. The minimum absolute atomic E-state index is 0.0227. The van der Waals surface area contributed by atoms with Crippen LogP contribution in [0.2, 0.25) is 0 Å². The number of carbonyl (C=O) groups excluding carboxylic acids is 1. The molecule has 11 heteroatoms. The normalized spacial score (nSPS) is 27.8. The quantitative estimate of drug-likeness (QED) is 0.161. The lowest BCUT2D eigenvalue weighted by Gasteiger charge is -2.69. The second-order valence-electron chi connectivity index (χ2n) is 16.9. The average Bonchev–Trinajstić information content (AvgIpc) is 3.67. The molecule has 2 N–H and O–H groups in total. The molecule has 1 amide bonds. The fourth-order valence-electron chi connectivity index (χ4n) is 11.7. The van der Waals surface area contributed by atoms with E-state index in [1.807, 2.05) is 54.7 Å². The molecule has 3 aromatic heterocycles. The number of carboxylic acid groups (broad SMARTS) is 1. The molecule has 0 atom stereocenters. The number of thiazole rings is 1. The summed E-state index contributed by atoms with van der Waals surface area (Å²) in [5.74, 6) is 0.390. The lowest BCUT2D eigenvalue weighted by atomic mass is 9.36. The minimum atomic E-state index is -1.42. The Morgan fingerprint density at radius 3 is 2.39 bits per heavy atom. The van der Waals surface area contributed by atoms with Gasteiger partial charge in [0.05, 0.1) is 16.4 Å². The Morgan fingerprint density at radius 1 is 0.922 bits per heavy atom. The molecule has 4 heterocycles. The molecule has 0 saturated heterocycles. The number of hydrogen-bond donors (Lipinski definition) is 2. The van der Waals surface area contributed by atoms with Gasteiger partial charge in [-0.3, -0.25) is 14.8 Å². The summed E-state index contributed by atoms with van der Waals surface area (Å²) in [4.78, 5) is 36.8. The van der Waals surface area contributed by atoms with E-state index in [2.05, 4.69) is 46.7 Å². The first-order valence-corrected chi connectivity index (χ1v) is 18.7. The number of hydrogen-bond acceptors (Lipinski definition) is 8. The number of rotatable bonds is 7. The zero-order valence-electron chi connectivity index (χ0n) is 29.2. The fraction of sp³-hybridized carbons (Fsp3) is 0.425. The van der Waals surface area contributed by atoms with Crippen molar-refractivity contribution in [3.05, 3.63) is 83.7 Å². The van der Waals surface area contributed by atoms with Gasteiger partial charge in [0.15, 0.2) is 5.13 Å². The molecule has 0 radical (unpaired) electrons. The number of para-hydroxylation sites is 1. The first kappa shape index (κ1) is 32.2. The number of nitrogens with one attached hydrogen (secondary N) is 1. The molecular formula is C40H42N6O4S. The molecule has 1 aliphatic heterocycles. The Hall–Kier alpha value is -4.77. The number of fused-ring (bicyclic) bond motifs is 2. The summed E-state index contributed by atoms with van der Waals surface area (Å²) in [5, 5.41) is 18.1. The molecule has 5 aliphatic rings. The van der Waals surface area contributed by atoms with Crippen LogP contribution in [0.5, 0.6) is 5.88 Å². The van der Waals surface area contributed by atoms with Crippen LogP contribution in [0, 0.1) is 21.7 Å². The van der Waals surface area contributed by atoms with Crippen LogP contribution in [0.25, 0.3) is 21.3 Å². The van der Waals surface area contributed by atoms with E-state index in [0.717, 1.165) is 33.5 Å². The molecule has 4 fully saturated rings. The van der Waals surface area contributed by atoms with Crippen molar-refractivity contribution in [1.82, 2.24) is 19.7 Å². The zero-order chi connectivity index (χ0) is 35.2. The maximum absolute atomic E-state index is 13.6. The van der Waals surface area contributed by atoms with Crippen LogP contribution in [0.4, 0.5) is 15.7 Å². The first-order chi connectivity index (χ1) is 24.4. The second-order valence-corrected chi connectivity index (χ2v) is 17.9. The van der Waals surface area contributed by atoms with E-state index < -0.39 is 6.16 Å². The number of ether oxygens (including phenoxy) is 1. The van der Waals surface area contributed by atoms with Crippen molar-refractivity contribution in [2.24, 2.45) is 21.7 Å². The minimum Gasteiger partial charge on any atom is -0.449 e. The highest BCUT2D eigenvalue weighted by Gasteiger charge is 2.64. The molecule has 5 aromatic rings. The Morgan fingerprint density at radius 2 is 1.67 bits per heavy atom. The number of pyridine rings is 1. The van der Waals surface area contributed by atoms with E-state index in [1.54, 1.807) is 6.20 Å². The van der Waals surface area contributed by atoms with Gasteiger partial charge in [-0.2, -0.15) is 10.1 Å². The number of amides is 1. The first-order valence-electron chi connectivity index (χ1n) is 17.8. The smallest absolute Gasteiger partial charge is 0.449 e. The van der Waals surface area contributed by atoms with Gasteiger partial charge in [0.1, 0.15) is 5.82 Å². The lowest BCUT2D eigenvalue weighted by molar-refractivity contribution is -0.188. The Labute approximate surface area is 300 Å². The van der Waals surface area contributed by atoms with Gasteiger partial charge >= 0.3 is 6.16 Å². The summed E-state index contributed by atoms with van der Waals surface area (Å²) in [6, 6.07) is 17.4. The number of anilines is 2. The van der Waals surface area contributed by atoms with Crippen molar-refractivity contribution in [3.8, 4) is 17.0 Å². The van der Waals surface area contributed by atoms with E-state index in [1.165, 1.54) is 49.9 Å². The highest BCUT2D eigenvalue weighted by atomic mass is 32.1. The molecule has 2 aromatic carbocycles. The van der Waals surface area contributed by atoms with Gasteiger partial charge < -0.3 is 14.7 Å². The molecule has 4 bridgehead atoms. The number of benzene rings is 2. The zero-order valence-corrected chi connectivity index (χ0v) is 30.1. The van der Waals surface area contributed by atoms with Gasteiger partial charge in [-0.25, -0.2) is 9.78 Å². The molecule has 4 aliphatic carbocycles. The van der Waals surface area contributed by atoms with Crippen LogP contribution in [0.1, 0.15) is 80.8 Å². The summed E-state index contributed by atoms with van der Waals surface area (Å²) in [5.41, 5.74) is 6.16. The third kappa shape index (κ3) is 5.85. The van der Waals surface area contributed by atoms with Gasteiger partial charge in [0, 0.05) is 42.5 Å². The highest BCUT2D eigenvalue weighted by Crippen LogP contribution is 2.73. The van der Waals surface area contributed by atoms with Crippen molar-refractivity contribution < 1.29 is 19.4 Å². The van der Waals surface area contributed by atoms with E-state index in [-0.39, 0.29) is 17.2 Å². The topological polar surface area (TPSA) is 122 Å². The molecule has 51 heavy (non-hydrogen) atoms. The van der Waals surface area contributed by atoms with Crippen molar-refractivity contribution >= 4 is 44.6 Å². The van der Waals surface area contributed by atoms with Gasteiger partial charge in [0.2, 0.25) is 5.88 Å². The van der Waals surface area contributed by atoms with Gasteiger partial charge in [0.25, 0.3) is 5.91 Å². The van der Waals surface area contributed by atoms with E-state index in [4.69, 9.17) is 14.8 Å². The maximum Gasteiger partial charge on any atom is 0.512 e. The molecule has 0 spiro atoms. The van der Waals surface area contributed by atoms with Gasteiger partial charge in [-0.05, 0) is 108 Å². The molecule has 10 nitrogen and oxygen atoms in total. The van der Waals surface area contributed by atoms with Gasteiger partial charge in [-0.1, -0.05) is 56.4 Å². The van der Waals surface area contributed by atoms with Crippen LogP contribution in [-0.2, 0) is 19.5 Å². The summed E-state index contributed by atoms with van der Waals surface area (Å²) < 4.78 is 8.37. The summed E-state index contributed by atoms with van der Waals surface area (Å²) in [6.45, 7) is 9.44. The predicted octanol–water partition coefficient (Wildman–Crippen LogP) is 8.81. The fourth-order valence-corrected chi connectivity index (χ4v) is 12.6. The van der Waals surface area contributed by atoms with E-state index >= 15 is 0 Å². The largest absolute Gasteiger partial charge is 0.512 e. The van der Waals surface area contributed by atoms with E-state index in [0.29, 0.717) is 57.8 Å².